The highest BCUT2D eigenvalue weighted by molar-refractivity contribution is 7.18. The topological polar surface area (TPSA) is 343 Å². The molecule has 4 fully saturated rings. The number of aliphatic hydroxyl groups excluding tert-OH is 2. The molecule has 6 aromatic rings. The molecule has 25 nitrogen and oxygen atoms in total. The number of carbonyl (C=O) groups is 6. The van der Waals surface area contributed by atoms with Gasteiger partial charge in [-0.3, -0.25) is 28.8 Å². The third-order valence-corrected chi connectivity index (χ3v) is 22.5. The SMILES string of the molecule is CC[C@@H](C)Nc1cc(C)c(-c2sc(C(=O)N[C@H](C)C(C)(C)O)nc2C(=O)N2C3CCC2CC3)cn1.Cc1cc(NC(C)(C)C)ncc1-c1sc(C(=O)NC[C@@H](O)C(C)(C)O)nc1C(=O)N1CCC[C@@H]1C.Cc1cc(NC(C)(C)C)ncc1-c1sc(C(=O)N[C@@H](C)[C@H](C)O)nc1C(=O)N1CCC[C@@H]1C. The van der Waals surface area contributed by atoms with Gasteiger partial charge in [0, 0.05) is 96.2 Å². The van der Waals surface area contributed by atoms with E-state index in [0.717, 1.165) is 120 Å². The molecule has 0 unspecified atom stereocenters. The first-order valence-electron chi connectivity index (χ1n) is 36.0. The van der Waals surface area contributed by atoms with E-state index < -0.39 is 53.2 Å². The summed E-state index contributed by atoms with van der Waals surface area (Å²) in [4.78, 5) is 114. The molecule has 4 aliphatic rings. The van der Waals surface area contributed by atoms with Crippen LogP contribution in [0.2, 0.25) is 0 Å². The average molecular weight is 1480 g/mol. The molecule has 6 amide bonds. The second-order valence-corrected chi connectivity index (χ2v) is 34.3. The summed E-state index contributed by atoms with van der Waals surface area (Å²) in [6.07, 6.45) is 12.3. The number of rotatable bonds is 21. The summed E-state index contributed by atoms with van der Waals surface area (Å²) < 4.78 is 0. The standard InChI is InChI=1S/C26H37N5O3S.C25H37N5O4S.C24H35N5O3S/c1-7-15(3)28-20-12-14(2)19(13-27-20)22-21(25(33)31-17-8-9-18(31)11-10-17)30-24(35-22)23(32)29-16(4)26(5,6)34;1-14-11-18(29-24(3,4)5)26-12-16(14)20-19(23(33)30-10-8-9-15(30)2)28-22(35-20)21(32)27-13-17(31)25(6,7)34;1-13-11-18(28-24(5,6)7)25-12-17(13)20-19(23(32)29-10-8-9-14(29)2)27-22(33-20)21(31)26-15(3)16(4)30/h12-13,15-18,34H,7-11H2,1-6H3,(H,27,28)(H,29,32);11-12,15,17,31,34H,8-10,13H2,1-7H3,(H,26,29)(H,27,32);11-12,14-16,30H,8-10H2,1-7H3,(H,25,28)(H,26,31)/t15-,16-,17?,18?;15-,17+;14-,15-,16-/m100/s1. The predicted octanol–water partition coefficient (Wildman–Crippen LogP) is 11.4. The number of likely N-dealkylation sites (tertiary alicyclic amines) is 2. The fourth-order valence-corrected chi connectivity index (χ4v) is 15.5. The van der Waals surface area contributed by atoms with Crippen molar-refractivity contribution >= 4 is 86.9 Å². The lowest BCUT2D eigenvalue weighted by atomic mass is 10.0. The van der Waals surface area contributed by atoms with Crippen LogP contribution in [0.5, 0.6) is 0 Å². The van der Waals surface area contributed by atoms with E-state index in [4.69, 9.17) is 0 Å². The Labute approximate surface area is 618 Å². The van der Waals surface area contributed by atoms with Gasteiger partial charge in [0.25, 0.3) is 35.4 Å². The van der Waals surface area contributed by atoms with Gasteiger partial charge in [0.15, 0.2) is 15.0 Å². The van der Waals surface area contributed by atoms with Crippen molar-refractivity contribution in [2.75, 3.05) is 35.6 Å². The lowest BCUT2D eigenvalue weighted by Crippen LogP contribution is -2.47. The van der Waals surface area contributed by atoms with Crippen LogP contribution in [0.3, 0.4) is 0 Å². The Hall–Kier alpha value is -7.60. The highest BCUT2D eigenvalue weighted by Crippen LogP contribution is 2.43. The highest BCUT2D eigenvalue weighted by Gasteiger charge is 2.45. The molecule has 10 rings (SSSR count). The van der Waals surface area contributed by atoms with E-state index in [2.05, 4.69) is 117 Å². The number of nitrogens with zero attached hydrogens (tertiary/aromatic N) is 9. The first kappa shape index (κ1) is 81.1. The van der Waals surface area contributed by atoms with E-state index in [1.807, 2.05) is 62.6 Å². The molecule has 10 heterocycles. The van der Waals surface area contributed by atoms with Crippen molar-refractivity contribution in [2.45, 2.75) is 273 Å². The summed E-state index contributed by atoms with van der Waals surface area (Å²) in [7, 11) is 0. The molecular weight excluding hydrogens is 1370 g/mol. The molecule has 0 aromatic carbocycles. The van der Waals surface area contributed by atoms with Crippen molar-refractivity contribution in [3.05, 3.63) is 85.6 Å². The highest BCUT2D eigenvalue weighted by atomic mass is 32.1. The summed E-state index contributed by atoms with van der Waals surface area (Å²) in [6, 6.07) is 5.99. The van der Waals surface area contributed by atoms with Crippen LogP contribution in [0, 0.1) is 20.8 Å². The van der Waals surface area contributed by atoms with E-state index >= 15 is 0 Å². The molecule has 0 saturated carbocycles. The molecule has 0 spiro atoms. The van der Waals surface area contributed by atoms with Gasteiger partial charge in [0.1, 0.15) is 34.5 Å². The molecule has 10 N–H and O–H groups in total. The van der Waals surface area contributed by atoms with Crippen LogP contribution in [0.4, 0.5) is 17.5 Å². The summed E-state index contributed by atoms with van der Waals surface area (Å²) >= 11 is 3.52. The minimum Gasteiger partial charge on any atom is -0.391 e. The van der Waals surface area contributed by atoms with E-state index in [1.165, 1.54) is 36.5 Å². The molecule has 2 bridgehead atoms. The molecular formula is C75H109N15O10S3. The van der Waals surface area contributed by atoms with Gasteiger partial charge in [-0.15, -0.1) is 34.0 Å². The number of hydrogen-bond acceptors (Lipinski definition) is 22. The number of aromatic nitrogens is 6. The van der Waals surface area contributed by atoms with Crippen LogP contribution in [-0.2, 0) is 0 Å². The van der Waals surface area contributed by atoms with Crippen molar-refractivity contribution in [1.82, 2.24) is 60.6 Å². The predicted molar refractivity (Wildman–Crippen MR) is 409 cm³/mol. The molecule has 28 heteroatoms. The fourth-order valence-electron chi connectivity index (χ4n) is 12.4. The minimum atomic E-state index is -1.36. The average Bonchev–Trinajstić information content (AvgIpc) is 1.63. The van der Waals surface area contributed by atoms with Crippen molar-refractivity contribution < 1.29 is 49.2 Å². The van der Waals surface area contributed by atoms with Crippen LogP contribution >= 0.6 is 34.0 Å². The van der Waals surface area contributed by atoms with Gasteiger partial charge in [0.2, 0.25) is 0 Å². The zero-order valence-electron chi connectivity index (χ0n) is 63.6. The number of fused-ring (bicyclic) bond motifs is 2. The first-order valence-corrected chi connectivity index (χ1v) is 38.4. The Morgan fingerprint density at radius 3 is 1.27 bits per heavy atom. The molecule has 4 saturated heterocycles. The van der Waals surface area contributed by atoms with Gasteiger partial charge in [-0.1, -0.05) is 6.92 Å². The number of carbonyl (C=O) groups excluding carboxylic acids is 6. The quantitative estimate of drug-likeness (QED) is 0.0320. The summed E-state index contributed by atoms with van der Waals surface area (Å²) in [6.45, 7) is 39.0. The second kappa shape index (κ2) is 33.2. The number of thiazole rings is 3. The van der Waals surface area contributed by atoms with E-state index in [-0.39, 0.29) is 85.9 Å². The van der Waals surface area contributed by atoms with Crippen molar-refractivity contribution in [2.24, 2.45) is 0 Å². The van der Waals surface area contributed by atoms with Crippen LogP contribution in [0.1, 0.15) is 253 Å². The van der Waals surface area contributed by atoms with E-state index in [1.54, 1.807) is 58.1 Å². The molecule has 6 aromatic heterocycles. The normalized spacial score (nSPS) is 18.9. The smallest absolute Gasteiger partial charge is 0.280 e. The maximum atomic E-state index is 13.7. The largest absolute Gasteiger partial charge is 0.391 e. The second-order valence-electron chi connectivity index (χ2n) is 31.3. The van der Waals surface area contributed by atoms with E-state index in [0.29, 0.717) is 39.5 Å². The van der Waals surface area contributed by atoms with Gasteiger partial charge >= 0.3 is 0 Å². The Bertz CT molecular complexity index is 4010. The van der Waals surface area contributed by atoms with Crippen molar-refractivity contribution in [3.63, 3.8) is 0 Å². The molecule has 103 heavy (non-hydrogen) atoms. The molecule has 562 valence electrons. The fraction of sp³-hybridized carbons (Fsp3) is 0.600. The summed E-state index contributed by atoms with van der Waals surface area (Å²) in [5.41, 5.74) is 3.25. The van der Waals surface area contributed by atoms with Crippen LogP contribution in [0.25, 0.3) is 31.3 Å². The van der Waals surface area contributed by atoms with Crippen molar-refractivity contribution in [3.8, 4) is 31.3 Å². The number of pyridine rings is 3. The Morgan fingerprint density at radius 2 is 0.922 bits per heavy atom. The number of aryl methyl sites for hydroxylation is 3. The molecule has 7 atom stereocenters. The maximum absolute atomic E-state index is 13.7. The van der Waals surface area contributed by atoms with Gasteiger partial charge < -0.3 is 67.0 Å². The number of anilines is 3. The Morgan fingerprint density at radius 1 is 0.544 bits per heavy atom. The van der Waals surface area contributed by atoms with Crippen LogP contribution < -0.4 is 31.9 Å². The van der Waals surface area contributed by atoms with Crippen LogP contribution in [-0.4, -0.2) is 197 Å². The maximum Gasteiger partial charge on any atom is 0.280 e. The third-order valence-electron chi connectivity index (χ3n) is 19.2. The lowest BCUT2D eigenvalue weighted by Gasteiger charge is -2.26. The van der Waals surface area contributed by atoms with Gasteiger partial charge in [0.05, 0.1) is 50.1 Å². The van der Waals surface area contributed by atoms with E-state index in [9.17, 15) is 49.2 Å². The number of amides is 6. The zero-order valence-corrected chi connectivity index (χ0v) is 66.1. The van der Waals surface area contributed by atoms with Crippen LogP contribution in [0.15, 0.2) is 36.8 Å². The lowest BCUT2D eigenvalue weighted by molar-refractivity contribution is -0.0453. The number of nitrogens with one attached hydrogen (secondary N) is 6. The Balaban J connectivity index is 0.000000196. The summed E-state index contributed by atoms with van der Waals surface area (Å²) in [5, 5.41) is 58.8. The minimum absolute atomic E-state index is 0.1000. The van der Waals surface area contributed by atoms with Crippen molar-refractivity contribution in [1.29, 1.82) is 0 Å². The van der Waals surface area contributed by atoms with Gasteiger partial charge in [-0.25, -0.2) is 29.9 Å². The monoisotopic (exact) mass is 1480 g/mol. The van der Waals surface area contributed by atoms with Gasteiger partial charge in [-0.2, -0.15) is 0 Å². The molecule has 0 aliphatic carbocycles. The summed E-state index contributed by atoms with van der Waals surface area (Å²) in [5.74, 6) is 0.489. The van der Waals surface area contributed by atoms with Gasteiger partial charge in [-0.05, 0) is 224 Å². The molecule has 4 aliphatic heterocycles. The number of aliphatic hydroxyl groups is 4. The number of hydrogen-bond donors (Lipinski definition) is 10. The Kier molecular flexibility index (Phi) is 26.2. The zero-order chi connectivity index (χ0) is 76.1. The molecule has 0 radical (unpaired) electrons. The third kappa shape index (κ3) is 20.5. The first-order chi connectivity index (χ1) is 48.0.